The fraction of sp³-hybridized carbons (Fsp3) is 0.548. The average molecular weight is 551 g/mol. The summed E-state index contributed by atoms with van der Waals surface area (Å²) in [4.78, 5) is 19.7. The molecule has 2 aromatic carbocycles. The van der Waals surface area contributed by atoms with Crippen LogP contribution in [-0.2, 0) is 4.79 Å². The largest absolute Gasteiger partial charge is 0.487 e. The van der Waals surface area contributed by atoms with Crippen LogP contribution in [-0.4, -0.2) is 49.8 Å². The average Bonchev–Trinajstić information content (AvgIpc) is 2.89. The van der Waals surface area contributed by atoms with Gasteiger partial charge in [0, 0.05) is 17.5 Å². The Morgan fingerprint density at radius 1 is 1.07 bits per heavy atom. The molecule has 0 aromatic heterocycles. The molecular weight excluding hydrogens is 508 g/mol. The first-order valence-electron chi connectivity index (χ1n) is 14.2. The molecule has 2 aromatic rings. The van der Waals surface area contributed by atoms with Crippen LogP contribution in [0.3, 0.4) is 0 Å². The van der Waals surface area contributed by atoms with Gasteiger partial charge in [0.05, 0.1) is 24.0 Å². The third-order valence-corrected chi connectivity index (χ3v) is 8.71. The molecule has 1 unspecified atom stereocenters. The number of aliphatic imine (C=N–C) groups is 1. The van der Waals surface area contributed by atoms with Crippen molar-refractivity contribution in [2.24, 2.45) is 10.7 Å². The number of nitrogens with zero attached hydrogens (tertiary/aromatic N) is 2. The lowest BCUT2D eigenvalue weighted by atomic mass is 9.81. The van der Waals surface area contributed by atoms with E-state index in [9.17, 15) is 15.0 Å². The first kappa shape index (κ1) is 28.4. The summed E-state index contributed by atoms with van der Waals surface area (Å²) < 4.78 is 12.6. The highest BCUT2D eigenvalue weighted by Crippen LogP contribution is 2.47. The highest BCUT2D eigenvalue weighted by molar-refractivity contribution is 5.99. The van der Waals surface area contributed by atoms with Gasteiger partial charge in [-0.2, -0.15) is 0 Å². The molecule has 216 valence electrons. The summed E-state index contributed by atoms with van der Waals surface area (Å²) in [6, 6.07) is 12.1. The Morgan fingerprint density at radius 3 is 2.42 bits per heavy atom. The van der Waals surface area contributed by atoms with Crippen molar-refractivity contribution in [3.05, 3.63) is 59.2 Å². The molecule has 5 rings (SSSR count). The van der Waals surface area contributed by atoms with Crippen molar-refractivity contribution >= 4 is 11.9 Å². The standard InChI is InChI=1S/C31H42N4O5/c1-7-31(8-2)16-21(35-24(36)17-29(3,4)34-28(35)32)20-15-18(13-14-23(20)40-31)27(38)33-25-19-11-9-10-12-22(19)39-30(5,6)26(25)37/h9-15,21,25-27,33,37-38H,7-8,16-17H2,1-6H3,(H2,32,34)/t21-,25-,26+,27?/m1/s1. The molecule has 9 heteroatoms. The number of ether oxygens (including phenoxy) is 2. The van der Waals surface area contributed by atoms with E-state index in [0.717, 1.165) is 24.0 Å². The summed E-state index contributed by atoms with van der Waals surface area (Å²) in [7, 11) is 0. The monoisotopic (exact) mass is 550 g/mol. The van der Waals surface area contributed by atoms with Gasteiger partial charge in [-0.3, -0.25) is 15.0 Å². The van der Waals surface area contributed by atoms with E-state index in [4.69, 9.17) is 15.2 Å². The number of rotatable bonds is 6. The number of para-hydroxylation sites is 1. The van der Waals surface area contributed by atoms with Crippen LogP contribution in [0, 0.1) is 0 Å². The molecule has 0 fully saturated rings. The number of carbonyl (C=O) groups is 1. The number of amides is 1. The molecule has 0 bridgehead atoms. The van der Waals surface area contributed by atoms with Gasteiger partial charge in [0.1, 0.15) is 35.0 Å². The van der Waals surface area contributed by atoms with Crippen LogP contribution < -0.4 is 20.5 Å². The Kier molecular flexibility index (Phi) is 7.13. The number of nitrogens with two attached hydrogens (primary N) is 1. The molecular formula is C31H42N4O5. The molecule has 3 heterocycles. The fourth-order valence-electron chi connectivity index (χ4n) is 6.25. The number of hydrogen-bond acceptors (Lipinski definition) is 8. The number of aliphatic hydroxyl groups excluding tert-OH is 2. The lowest BCUT2D eigenvalue weighted by Crippen LogP contribution is -2.54. The van der Waals surface area contributed by atoms with Crippen LogP contribution in [0.2, 0.25) is 0 Å². The van der Waals surface area contributed by atoms with Crippen LogP contribution in [0.4, 0.5) is 0 Å². The molecule has 3 aliphatic heterocycles. The predicted molar refractivity (Wildman–Crippen MR) is 153 cm³/mol. The van der Waals surface area contributed by atoms with Crippen molar-refractivity contribution in [3.8, 4) is 11.5 Å². The van der Waals surface area contributed by atoms with Crippen molar-refractivity contribution in [1.29, 1.82) is 0 Å². The van der Waals surface area contributed by atoms with Gasteiger partial charge in [-0.05, 0) is 64.3 Å². The van der Waals surface area contributed by atoms with Gasteiger partial charge in [0.25, 0.3) is 0 Å². The zero-order valence-electron chi connectivity index (χ0n) is 24.3. The molecule has 0 aliphatic carbocycles. The van der Waals surface area contributed by atoms with Gasteiger partial charge in [-0.15, -0.1) is 0 Å². The first-order valence-corrected chi connectivity index (χ1v) is 14.2. The summed E-state index contributed by atoms with van der Waals surface area (Å²) in [5.41, 5.74) is 6.68. The maximum atomic E-state index is 13.4. The number of fused-ring (bicyclic) bond motifs is 2. The molecule has 0 saturated heterocycles. The molecule has 3 aliphatic rings. The minimum Gasteiger partial charge on any atom is -0.487 e. The number of nitrogens with one attached hydrogen (secondary N) is 1. The van der Waals surface area contributed by atoms with Crippen molar-refractivity contribution in [2.75, 3.05) is 0 Å². The van der Waals surface area contributed by atoms with Gasteiger partial charge in [-0.25, -0.2) is 4.99 Å². The SMILES string of the molecule is CCC1(CC)C[C@@H](N2C(=O)CC(C)(C)N=C2N)c2cc(C(O)N[C@@H]3c4ccccc4OC(C)(C)[C@H]3O)ccc2O1. The molecule has 0 saturated carbocycles. The maximum Gasteiger partial charge on any atom is 0.232 e. The predicted octanol–water partition coefficient (Wildman–Crippen LogP) is 4.25. The van der Waals surface area contributed by atoms with Crippen LogP contribution in [0.15, 0.2) is 47.5 Å². The Bertz CT molecular complexity index is 1320. The van der Waals surface area contributed by atoms with E-state index in [1.54, 1.807) is 4.90 Å². The number of benzene rings is 2. The van der Waals surface area contributed by atoms with E-state index >= 15 is 0 Å². The highest BCUT2D eigenvalue weighted by Gasteiger charge is 2.46. The second kappa shape index (κ2) is 10.0. The number of carbonyl (C=O) groups excluding carboxylic acids is 1. The quantitative estimate of drug-likeness (QED) is 0.396. The van der Waals surface area contributed by atoms with Crippen molar-refractivity contribution in [3.63, 3.8) is 0 Å². The zero-order valence-corrected chi connectivity index (χ0v) is 24.3. The number of aliphatic hydroxyl groups is 2. The van der Waals surface area contributed by atoms with E-state index < -0.39 is 41.2 Å². The van der Waals surface area contributed by atoms with Crippen LogP contribution in [0.1, 0.15) is 102 Å². The summed E-state index contributed by atoms with van der Waals surface area (Å²) in [6.07, 6.45) is 0.332. The van der Waals surface area contributed by atoms with Crippen LogP contribution >= 0.6 is 0 Å². The second-order valence-electron chi connectivity index (χ2n) is 12.5. The van der Waals surface area contributed by atoms with Gasteiger partial charge in [0.2, 0.25) is 5.91 Å². The van der Waals surface area contributed by atoms with Gasteiger partial charge in [0.15, 0.2) is 5.96 Å². The third-order valence-electron chi connectivity index (χ3n) is 8.71. The number of guanidine groups is 1. The third kappa shape index (κ3) is 4.95. The maximum absolute atomic E-state index is 13.4. The summed E-state index contributed by atoms with van der Waals surface area (Å²) in [5.74, 6) is 1.45. The Labute approximate surface area is 236 Å². The van der Waals surface area contributed by atoms with Gasteiger partial charge >= 0.3 is 0 Å². The van der Waals surface area contributed by atoms with E-state index in [2.05, 4.69) is 24.2 Å². The topological polar surface area (TPSA) is 130 Å². The summed E-state index contributed by atoms with van der Waals surface area (Å²) in [5, 5.41) is 25.8. The van der Waals surface area contributed by atoms with Gasteiger partial charge in [-0.1, -0.05) is 38.1 Å². The van der Waals surface area contributed by atoms with Crippen LogP contribution in [0.5, 0.6) is 11.5 Å². The van der Waals surface area contributed by atoms with Crippen molar-refractivity contribution < 1.29 is 24.5 Å². The highest BCUT2D eigenvalue weighted by atomic mass is 16.5. The van der Waals surface area contributed by atoms with E-state index in [-0.39, 0.29) is 18.3 Å². The van der Waals surface area contributed by atoms with Gasteiger partial charge < -0.3 is 25.4 Å². The zero-order chi connectivity index (χ0) is 29.0. The van der Waals surface area contributed by atoms with Crippen LogP contribution in [0.25, 0.3) is 0 Å². The second-order valence-corrected chi connectivity index (χ2v) is 12.5. The molecule has 1 amide bonds. The summed E-state index contributed by atoms with van der Waals surface area (Å²) >= 11 is 0. The molecule has 0 radical (unpaired) electrons. The van der Waals surface area contributed by atoms with Crippen molar-refractivity contribution in [1.82, 2.24) is 10.2 Å². The molecule has 9 nitrogen and oxygen atoms in total. The summed E-state index contributed by atoms with van der Waals surface area (Å²) in [6.45, 7) is 11.6. The molecule has 40 heavy (non-hydrogen) atoms. The first-order chi connectivity index (χ1) is 18.8. The Hall–Kier alpha value is -3.14. The molecule has 4 atom stereocenters. The molecule has 5 N–H and O–H groups in total. The minimum absolute atomic E-state index is 0.0790. The Balaban J connectivity index is 1.52. The molecule has 0 spiro atoms. The fourth-order valence-corrected chi connectivity index (χ4v) is 6.25. The normalized spacial score (nSPS) is 27.0. The smallest absolute Gasteiger partial charge is 0.232 e. The van der Waals surface area contributed by atoms with E-state index in [0.29, 0.717) is 23.5 Å². The Morgan fingerprint density at radius 2 is 1.75 bits per heavy atom. The number of hydrogen-bond donors (Lipinski definition) is 4. The lowest BCUT2D eigenvalue weighted by molar-refractivity contribution is -0.132. The minimum atomic E-state index is -1.11. The van der Waals surface area contributed by atoms with Crippen molar-refractivity contribution in [2.45, 2.75) is 108 Å². The van der Waals surface area contributed by atoms with E-state index in [1.165, 1.54) is 0 Å². The van der Waals surface area contributed by atoms with E-state index in [1.807, 2.05) is 70.2 Å². The lowest BCUT2D eigenvalue weighted by Gasteiger charge is -2.46.